The van der Waals surface area contributed by atoms with Crippen molar-refractivity contribution in [1.29, 1.82) is 0 Å². The summed E-state index contributed by atoms with van der Waals surface area (Å²) < 4.78 is 0. The van der Waals surface area contributed by atoms with Crippen LogP contribution in [0.2, 0.25) is 0 Å². The van der Waals surface area contributed by atoms with E-state index in [0.29, 0.717) is 31.7 Å². The van der Waals surface area contributed by atoms with Gasteiger partial charge in [-0.2, -0.15) is 0 Å². The molecule has 5 N–H and O–H groups in total. The standard InChI is InChI=1S/C11H23N3O2/c1-8(2)7-9(12)11(16)14-6-4-3-5-10(13)15/h8-9H,3-7,12H2,1-2H3,(H2,13,15)(H,14,16). The fourth-order valence-corrected chi connectivity index (χ4v) is 1.38. The molecule has 5 heteroatoms. The van der Waals surface area contributed by atoms with Gasteiger partial charge in [0.05, 0.1) is 6.04 Å². The van der Waals surface area contributed by atoms with E-state index in [-0.39, 0.29) is 11.8 Å². The first-order valence-electron chi connectivity index (χ1n) is 5.75. The molecule has 0 saturated heterocycles. The Morgan fingerprint density at radius 3 is 2.38 bits per heavy atom. The van der Waals surface area contributed by atoms with Crippen LogP contribution in [0.3, 0.4) is 0 Å². The van der Waals surface area contributed by atoms with Gasteiger partial charge in [0.25, 0.3) is 0 Å². The van der Waals surface area contributed by atoms with Crippen molar-refractivity contribution in [2.75, 3.05) is 6.54 Å². The first-order chi connectivity index (χ1) is 7.43. The van der Waals surface area contributed by atoms with Crippen molar-refractivity contribution in [3.05, 3.63) is 0 Å². The van der Waals surface area contributed by atoms with Gasteiger partial charge in [-0.05, 0) is 25.2 Å². The second kappa shape index (κ2) is 8.10. The fourth-order valence-electron chi connectivity index (χ4n) is 1.38. The maximum atomic E-state index is 11.4. The number of carbonyl (C=O) groups excluding carboxylic acids is 2. The number of primary amides is 1. The maximum absolute atomic E-state index is 11.4. The van der Waals surface area contributed by atoms with Crippen molar-refractivity contribution in [3.8, 4) is 0 Å². The molecule has 16 heavy (non-hydrogen) atoms. The number of hydrogen-bond acceptors (Lipinski definition) is 3. The smallest absolute Gasteiger partial charge is 0.236 e. The summed E-state index contributed by atoms with van der Waals surface area (Å²) in [5, 5.41) is 2.75. The van der Waals surface area contributed by atoms with Crippen LogP contribution < -0.4 is 16.8 Å². The van der Waals surface area contributed by atoms with E-state index in [2.05, 4.69) is 5.32 Å². The van der Waals surface area contributed by atoms with E-state index in [0.717, 1.165) is 6.42 Å². The zero-order valence-electron chi connectivity index (χ0n) is 10.2. The molecular formula is C11H23N3O2. The minimum absolute atomic E-state index is 0.118. The fraction of sp³-hybridized carbons (Fsp3) is 0.818. The SMILES string of the molecule is CC(C)CC(N)C(=O)NCCCCC(N)=O. The van der Waals surface area contributed by atoms with Gasteiger partial charge >= 0.3 is 0 Å². The number of carbonyl (C=O) groups is 2. The number of hydrogen-bond donors (Lipinski definition) is 3. The van der Waals surface area contributed by atoms with Crippen LogP contribution in [-0.4, -0.2) is 24.4 Å². The van der Waals surface area contributed by atoms with Crippen LogP contribution in [0.25, 0.3) is 0 Å². The van der Waals surface area contributed by atoms with E-state index >= 15 is 0 Å². The van der Waals surface area contributed by atoms with Crippen molar-refractivity contribution in [3.63, 3.8) is 0 Å². The minimum Gasteiger partial charge on any atom is -0.370 e. The van der Waals surface area contributed by atoms with Gasteiger partial charge in [-0.15, -0.1) is 0 Å². The maximum Gasteiger partial charge on any atom is 0.236 e. The molecular weight excluding hydrogens is 206 g/mol. The Balaban J connectivity index is 3.53. The highest BCUT2D eigenvalue weighted by Gasteiger charge is 2.13. The summed E-state index contributed by atoms with van der Waals surface area (Å²) in [6, 6.07) is -0.434. The zero-order valence-corrected chi connectivity index (χ0v) is 10.2. The van der Waals surface area contributed by atoms with Gasteiger partial charge in [0.2, 0.25) is 11.8 Å². The number of nitrogens with two attached hydrogens (primary N) is 2. The van der Waals surface area contributed by atoms with E-state index < -0.39 is 6.04 Å². The van der Waals surface area contributed by atoms with Gasteiger partial charge in [-0.1, -0.05) is 13.8 Å². The molecule has 0 bridgehead atoms. The minimum atomic E-state index is -0.434. The predicted octanol–water partition coefficient (Wildman–Crippen LogP) is 0.132. The molecule has 0 aromatic heterocycles. The van der Waals surface area contributed by atoms with E-state index in [1.165, 1.54) is 0 Å². The van der Waals surface area contributed by atoms with Crippen molar-refractivity contribution in [2.24, 2.45) is 17.4 Å². The lowest BCUT2D eigenvalue weighted by molar-refractivity contribution is -0.122. The van der Waals surface area contributed by atoms with Crippen LogP contribution in [0, 0.1) is 5.92 Å². The summed E-state index contributed by atoms with van der Waals surface area (Å²) in [5.41, 5.74) is 10.7. The monoisotopic (exact) mass is 229 g/mol. The Bertz CT molecular complexity index is 229. The van der Waals surface area contributed by atoms with Gasteiger partial charge < -0.3 is 16.8 Å². The average Bonchev–Trinajstić information content (AvgIpc) is 2.15. The Hall–Kier alpha value is -1.10. The largest absolute Gasteiger partial charge is 0.370 e. The van der Waals surface area contributed by atoms with Crippen LogP contribution in [0.15, 0.2) is 0 Å². The van der Waals surface area contributed by atoms with E-state index in [4.69, 9.17) is 11.5 Å². The van der Waals surface area contributed by atoms with Crippen molar-refractivity contribution in [1.82, 2.24) is 5.32 Å². The number of unbranched alkanes of at least 4 members (excludes halogenated alkanes) is 1. The summed E-state index contributed by atoms with van der Waals surface area (Å²) in [5.74, 6) is -0.00813. The van der Waals surface area contributed by atoms with Gasteiger partial charge in [0.1, 0.15) is 0 Å². The lowest BCUT2D eigenvalue weighted by Gasteiger charge is -2.13. The van der Waals surface area contributed by atoms with Gasteiger partial charge in [0, 0.05) is 13.0 Å². The van der Waals surface area contributed by atoms with Crippen LogP contribution in [0.5, 0.6) is 0 Å². The highest BCUT2D eigenvalue weighted by atomic mass is 16.2. The number of rotatable bonds is 8. The van der Waals surface area contributed by atoms with Gasteiger partial charge in [0.15, 0.2) is 0 Å². The Kier molecular flexibility index (Phi) is 7.54. The molecule has 1 unspecified atom stereocenters. The normalized spacial score (nSPS) is 12.5. The van der Waals surface area contributed by atoms with Crippen molar-refractivity contribution >= 4 is 11.8 Å². The van der Waals surface area contributed by atoms with Crippen LogP contribution in [0.1, 0.15) is 39.5 Å². The molecule has 5 nitrogen and oxygen atoms in total. The zero-order chi connectivity index (χ0) is 12.6. The average molecular weight is 229 g/mol. The van der Waals surface area contributed by atoms with Gasteiger partial charge in [-0.3, -0.25) is 9.59 Å². The van der Waals surface area contributed by atoms with Crippen LogP contribution >= 0.6 is 0 Å². The third kappa shape index (κ3) is 8.23. The molecule has 0 aliphatic heterocycles. The number of nitrogens with one attached hydrogen (secondary N) is 1. The Morgan fingerprint density at radius 2 is 1.88 bits per heavy atom. The van der Waals surface area contributed by atoms with E-state index in [1.54, 1.807) is 0 Å². The van der Waals surface area contributed by atoms with E-state index in [9.17, 15) is 9.59 Å². The third-order valence-electron chi connectivity index (χ3n) is 2.21. The quantitative estimate of drug-likeness (QED) is 0.516. The van der Waals surface area contributed by atoms with Crippen LogP contribution in [0.4, 0.5) is 0 Å². The Labute approximate surface area is 96.9 Å². The highest BCUT2D eigenvalue weighted by Crippen LogP contribution is 2.02. The van der Waals surface area contributed by atoms with Crippen molar-refractivity contribution < 1.29 is 9.59 Å². The summed E-state index contributed by atoms with van der Waals surface area (Å²) in [4.78, 5) is 21.9. The first-order valence-corrected chi connectivity index (χ1v) is 5.75. The first kappa shape index (κ1) is 14.9. The Morgan fingerprint density at radius 1 is 1.25 bits per heavy atom. The lowest BCUT2D eigenvalue weighted by Crippen LogP contribution is -2.41. The summed E-state index contributed by atoms with van der Waals surface area (Å²) in [7, 11) is 0. The second-order valence-electron chi connectivity index (χ2n) is 4.45. The predicted molar refractivity (Wildman–Crippen MR) is 63.5 cm³/mol. The molecule has 0 aliphatic rings. The highest BCUT2D eigenvalue weighted by molar-refractivity contribution is 5.81. The summed E-state index contributed by atoms with van der Waals surface area (Å²) >= 11 is 0. The molecule has 0 radical (unpaired) electrons. The van der Waals surface area contributed by atoms with Crippen molar-refractivity contribution in [2.45, 2.75) is 45.6 Å². The lowest BCUT2D eigenvalue weighted by atomic mass is 10.0. The second-order valence-corrected chi connectivity index (χ2v) is 4.45. The third-order valence-corrected chi connectivity index (χ3v) is 2.21. The molecule has 0 fully saturated rings. The molecule has 94 valence electrons. The summed E-state index contributed by atoms with van der Waals surface area (Å²) in [6.07, 6.45) is 2.51. The molecule has 0 aliphatic carbocycles. The van der Waals surface area contributed by atoms with Crippen LogP contribution in [-0.2, 0) is 9.59 Å². The molecule has 0 rings (SSSR count). The number of amides is 2. The molecule has 2 amide bonds. The molecule has 0 aromatic carbocycles. The van der Waals surface area contributed by atoms with Gasteiger partial charge in [-0.25, -0.2) is 0 Å². The molecule has 0 saturated carbocycles. The molecule has 0 heterocycles. The molecule has 0 spiro atoms. The summed E-state index contributed by atoms with van der Waals surface area (Å²) in [6.45, 7) is 4.61. The van der Waals surface area contributed by atoms with E-state index in [1.807, 2.05) is 13.8 Å². The topological polar surface area (TPSA) is 98.2 Å². The molecule has 0 aromatic rings. The molecule has 1 atom stereocenters.